The topological polar surface area (TPSA) is 52.4 Å². The maximum atomic E-state index is 12.0. The molecule has 1 spiro atoms. The number of fused-ring (bicyclic) bond motifs is 13. The van der Waals surface area contributed by atoms with Crippen molar-refractivity contribution in [3.63, 3.8) is 0 Å². The van der Waals surface area contributed by atoms with Crippen LogP contribution in [0, 0.1) is 17.0 Å². The molecule has 1 aliphatic heterocycles. The lowest BCUT2D eigenvalue weighted by molar-refractivity contribution is -0.384. The molecule has 0 amide bonds. The van der Waals surface area contributed by atoms with Crippen LogP contribution in [0.3, 0.4) is 0 Å². The van der Waals surface area contributed by atoms with E-state index in [9.17, 15) is 10.1 Å². The van der Waals surface area contributed by atoms with Crippen LogP contribution >= 0.6 is 0 Å². The second-order valence-corrected chi connectivity index (χ2v) is 10.2. The van der Waals surface area contributed by atoms with Crippen molar-refractivity contribution in [2.75, 3.05) is 0 Å². The van der Waals surface area contributed by atoms with E-state index in [1.165, 1.54) is 0 Å². The molecule has 1 aliphatic carbocycles. The average molecular weight is 492 g/mol. The summed E-state index contributed by atoms with van der Waals surface area (Å²) in [6.07, 6.45) is 0. The maximum Gasteiger partial charge on any atom is 0.269 e. The van der Waals surface area contributed by atoms with Crippen molar-refractivity contribution >= 4 is 27.2 Å². The molecular weight excluding hydrogens is 470 g/mol. The fourth-order valence-electron chi connectivity index (χ4n) is 6.66. The maximum absolute atomic E-state index is 12.0. The Bertz CT molecular complexity index is 1920. The van der Waals surface area contributed by atoms with Gasteiger partial charge in [0, 0.05) is 34.0 Å². The Labute approximate surface area is 218 Å². The van der Waals surface area contributed by atoms with Gasteiger partial charge in [0.2, 0.25) is 0 Å². The van der Waals surface area contributed by atoms with Crippen molar-refractivity contribution in [1.29, 1.82) is 0 Å². The molecule has 180 valence electrons. The first-order valence-electron chi connectivity index (χ1n) is 12.7. The smallest absolute Gasteiger partial charge is 0.269 e. The Kier molecular flexibility index (Phi) is 4.06. The molecule has 0 radical (unpaired) electrons. The molecule has 2 aliphatic rings. The zero-order chi connectivity index (χ0) is 25.6. The van der Waals surface area contributed by atoms with Crippen LogP contribution in [0.5, 0.6) is 11.5 Å². The molecule has 0 aromatic heterocycles. The van der Waals surface area contributed by atoms with Crippen LogP contribution < -0.4 is 4.74 Å². The Morgan fingerprint density at radius 1 is 0.632 bits per heavy atom. The lowest BCUT2D eigenvalue weighted by Gasteiger charge is -2.40. The third-order valence-electron chi connectivity index (χ3n) is 8.26. The van der Waals surface area contributed by atoms with Crippen LogP contribution in [0.1, 0.15) is 27.8 Å². The monoisotopic (exact) mass is 491 g/mol. The van der Waals surface area contributed by atoms with E-state index in [4.69, 9.17) is 4.74 Å². The molecule has 0 fully saturated rings. The number of benzene rings is 6. The van der Waals surface area contributed by atoms with E-state index in [1.807, 2.05) is 30.3 Å². The normalized spacial score (nSPS) is 14.0. The number of nitro groups is 1. The van der Waals surface area contributed by atoms with Crippen molar-refractivity contribution in [2.24, 2.45) is 0 Å². The third kappa shape index (κ3) is 2.54. The fraction of sp³-hybridized carbons (Fsp3) is 0.0588. The molecule has 0 saturated heterocycles. The highest BCUT2D eigenvalue weighted by atomic mass is 16.6. The summed E-state index contributed by atoms with van der Waals surface area (Å²) in [7, 11) is 0. The first-order valence-corrected chi connectivity index (χ1v) is 12.7. The highest BCUT2D eigenvalue weighted by molar-refractivity contribution is 5.99. The van der Waals surface area contributed by atoms with Crippen LogP contribution in [0.2, 0.25) is 0 Å². The van der Waals surface area contributed by atoms with Crippen LogP contribution in [-0.2, 0) is 5.41 Å². The van der Waals surface area contributed by atoms with Gasteiger partial charge in [0.15, 0.2) is 0 Å². The van der Waals surface area contributed by atoms with Gasteiger partial charge in [0.1, 0.15) is 11.5 Å². The zero-order valence-electron chi connectivity index (χ0n) is 20.6. The molecule has 4 heteroatoms. The van der Waals surface area contributed by atoms with E-state index in [0.29, 0.717) is 0 Å². The molecule has 6 aromatic rings. The quantitative estimate of drug-likeness (QED) is 0.170. The minimum Gasteiger partial charge on any atom is -0.455 e. The zero-order valence-corrected chi connectivity index (χ0v) is 20.6. The number of hydrogen-bond acceptors (Lipinski definition) is 3. The van der Waals surface area contributed by atoms with Gasteiger partial charge in [-0.25, -0.2) is 0 Å². The Hall–Kier alpha value is -4.96. The summed E-state index contributed by atoms with van der Waals surface area (Å²) < 4.78 is 6.89. The van der Waals surface area contributed by atoms with Gasteiger partial charge < -0.3 is 4.74 Å². The minimum absolute atomic E-state index is 0.0869. The van der Waals surface area contributed by atoms with E-state index < -0.39 is 5.41 Å². The van der Waals surface area contributed by atoms with Crippen LogP contribution in [0.4, 0.5) is 5.69 Å². The molecule has 0 bridgehead atoms. The number of rotatable bonds is 1. The van der Waals surface area contributed by atoms with Gasteiger partial charge in [-0.1, -0.05) is 96.6 Å². The number of nitrogens with zero attached hydrogens (tertiary/aromatic N) is 1. The molecule has 4 nitrogen and oxygen atoms in total. The predicted octanol–water partition coefficient (Wildman–Crippen LogP) is 8.68. The second-order valence-electron chi connectivity index (χ2n) is 10.2. The van der Waals surface area contributed by atoms with Gasteiger partial charge in [-0.15, -0.1) is 0 Å². The summed E-state index contributed by atoms with van der Waals surface area (Å²) in [5, 5.41) is 16.2. The van der Waals surface area contributed by atoms with Gasteiger partial charge in [-0.2, -0.15) is 0 Å². The van der Waals surface area contributed by atoms with Crippen LogP contribution in [0.25, 0.3) is 32.7 Å². The second kappa shape index (κ2) is 7.30. The van der Waals surface area contributed by atoms with Crippen molar-refractivity contribution in [2.45, 2.75) is 12.3 Å². The summed E-state index contributed by atoms with van der Waals surface area (Å²) in [5.74, 6) is 1.61. The number of non-ortho nitro benzene ring substituents is 1. The molecule has 0 saturated carbocycles. The van der Waals surface area contributed by atoms with Gasteiger partial charge in [0.25, 0.3) is 5.69 Å². The van der Waals surface area contributed by atoms with E-state index >= 15 is 0 Å². The lowest BCUT2D eigenvalue weighted by atomic mass is 9.65. The summed E-state index contributed by atoms with van der Waals surface area (Å²) >= 11 is 0. The van der Waals surface area contributed by atoms with Gasteiger partial charge in [0.05, 0.1) is 10.3 Å². The molecule has 38 heavy (non-hydrogen) atoms. The van der Waals surface area contributed by atoms with E-state index in [2.05, 4.69) is 73.7 Å². The Morgan fingerprint density at radius 2 is 1.18 bits per heavy atom. The molecule has 8 rings (SSSR count). The Morgan fingerprint density at radius 3 is 1.79 bits per heavy atom. The largest absolute Gasteiger partial charge is 0.455 e. The van der Waals surface area contributed by atoms with E-state index in [1.54, 1.807) is 12.1 Å². The molecule has 0 atom stereocenters. The fourth-order valence-corrected chi connectivity index (χ4v) is 6.66. The Balaban J connectivity index is 1.63. The summed E-state index contributed by atoms with van der Waals surface area (Å²) in [4.78, 5) is 11.7. The van der Waals surface area contributed by atoms with Crippen molar-refractivity contribution in [1.82, 2.24) is 0 Å². The van der Waals surface area contributed by atoms with E-state index in [0.717, 1.165) is 72.0 Å². The molecular formula is C34H21NO3. The van der Waals surface area contributed by atoms with Crippen LogP contribution in [-0.4, -0.2) is 4.92 Å². The first-order chi connectivity index (χ1) is 18.6. The predicted molar refractivity (Wildman–Crippen MR) is 150 cm³/mol. The van der Waals surface area contributed by atoms with Crippen molar-refractivity contribution in [3.05, 3.63) is 147 Å². The van der Waals surface area contributed by atoms with Crippen LogP contribution in [0.15, 0.2) is 109 Å². The number of aryl methyl sites for hydroxylation is 1. The first kappa shape index (κ1) is 21.2. The number of hydrogen-bond donors (Lipinski definition) is 0. The minimum atomic E-state index is -0.764. The van der Waals surface area contributed by atoms with Crippen molar-refractivity contribution < 1.29 is 9.66 Å². The van der Waals surface area contributed by atoms with Crippen molar-refractivity contribution in [3.8, 4) is 22.6 Å². The summed E-state index contributed by atoms with van der Waals surface area (Å²) in [6, 6.07) is 36.9. The van der Waals surface area contributed by atoms with Gasteiger partial charge in [-0.05, 0) is 46.0 Å². The third-order valence-corrected chi connectivity index (χ3v) is 8.26. The van der Waals surface area contributed by atoms with E-state index in [-0.39, 0.29) is 10.6 Å². The lowest BCUT2D eigenvalue weighted by Crippen LogP contribution is -2.32. The molecule has 1 heterocycles. The highest BCUT2D eigenvalue weighted by Crippen LogP contribution is 2.64. The molecule has 0 unspecified atom stereocenters. The highest BCUT2D eigenvalue weighted by Gasteiger charge is 2.52. The van der Waals surface area contributed by atoms with Gasteiger partial charge in [-0.3, -0.25) is 10.1 Å². The number of ether oxygens (including phenoxy) is 1. The SMILES string of the molecule is Cc1ccc2c(c1)C1(c3cc([N+](=O)[O-])ccc3-2)c2ccc3ccccc3c2Oc2c1ccc1ccccc21. The summed E-state index contributed by atoms with van der Waals surface area (Å²) in [5.41, 5.74) is 6.64. The number of nitro benzene ring substituents is 1. The molecule has 0 N–H and O–H groups in total. The average Bonchev–Trinajstić information content (AvgIpc) is 3.22. The molecule has 6 aromatic carbocycles. The standard InChI is InChI=1S/C34H21NO3/c1-20-10-14-26-27-15-13-23(35(36)37)19-31(27)34(30(26)18-20)28-16-11-21-6-2-4-8-24(21)32(28)38-33-25-9-5-3-7-22(25)12-17-29(33)34/h2-19H,1H3. The van der Waals surface area contributed by atoms with Gasteiger partial charge >= 0.3 is 0 Å². The summed E-state index contributed by atoms with van der Waals surface area (Å²) in [6.45, 7) is 2.10.